The average molecular weight is 1750 g/mol. The molecule has 0 aromatic carbocycles. The van der Waals surface area contributed by atoms with E-state index in [0.29, 0.717) is 0 Å². The highest BCUT2D eigenvalue weighted by Crippen LogP contribution is 2.08. The minimum atomic E-state index is -0.750. The number of carboxylic acid groups (broad SMARTS) is 1. The predicted molar refractivity (Wildman–Crippen MR) is 317 cm³/mol. The van der Waals surface area contributed by atoms with Crippen molar-refractivity contribution in [1.29, 1.82) is 0 Å². The number of hydrogen-bond donors (Lipinski definition) is 1. The van der Waals surface area contributed by atoms with Gasteiger partial charge in [0.15, 0.2) is 60.1 Å². The summed E-state index contributed by atoms with van der Waals surface area (Å²) in [7, 11) is 0. The first-order chi connectivity index (χ1) is 26.5. The van der Waals surface area contributed by atoms with Crippen molar-refractivity contribution in [1.82, 2.24) is 0 Å². The topological polar surface area (TPSA) is 37.3 Å². The summed E-state index contributed by atoms with van der Waals surface area (Å²) in [6, 6.07) is 0. The molecule has 0 saturated heterocycles. The zero-order chi connectivity index (χ0) is 54.4. The number of alkyl halides is 42. The summed E-state index contributed by atoms with van der Waals surface area (Å²) in [5.41, 5.74) is 0. The van der Waals surface area contributed by atoms with Crippen LogP contribution in [0.25, 0.3) is 0 Å². The first-order valence-corrected chi connectivity index (χ1v) is 29.0. The Labute approximate surface area is 566 Å². The Hall–Kier alpha value is 11.6. The lowest BCUT2D eigenvalue weighted by molar-refractivity contribution is -0.136. The lowest BCUT2D eigenvalue weighted by Crippen LogP contribution is -1.86. The van der Waals surface area contributed by atoms with Crippen LogP contribution in [0.1, 0.15) is 13.3 Å². The highest BCUT2D eigenvalue weighted by molar-refractivity contribution is 6.68. The van der Waals surface area contributed by atoms with Crippen molar-refractivity contribution in [3.05, 3.63) is 0 Å². The van der Waals surface area contributed by atoms with Gasteiger partial charge in [-0.25, -0.2) is 0 Å². The van der Waals surface area contributed by atoms with E-state index in [-0.39, 0.29) is 6.42 Å². The van der Waals surface area contributed by atoms with E-state index in [9.17, 15) is 4.79 Å². The second kappa shape index (κ2) is 108. The molecule has 61 heavy (non-hydrogen) atoms. The molecule has 0 aromatic heterocycles. The first kappa shape index (κ1) is 112. The summed E-state index contributed by atoms with van der Waals surface area (Å²) in [4.78, 5) is 9.37. The Morgan fingerprint density at radius 3 is 0.246 bits per heavy atom. The average Bonchev–Trinajstić information content (AvgIpc) is 2.84. The third-order valence-corrected chi connectivity index (χ3v) is 0.302. The summed E-state index contributed by atoms with van der Waals surface area (Å²) in [6.07, 6.45) is 0.222. The molecule has 0 bridgehead atoms. The van der Waals surface area contributed by atoms with Crippen LogP contribution >= 0.6 is 487 Å². The van der Waals surface area contributed by atoms with Crippen LogP contribution in [0.5, 0.6) is 0 Å². The van der Waals surface area contributed by atoms with Crippen molar-refractivity contribution >= 4 is 493 Å². The van der Waals surface area contributed by atoms with Gasteiger partial charge in [0, 0.05) is 6.42 Å². The SMILES string of the molecule is CCC(=O)O.ClC(Cl)Cl.ClC(Cl)Cl.ClC(Cl)Cl.ClC(Cl)Cl.ClC(Cl)Cl.ClC(Cl)Cl.ClC(Cl)Cl.ClC(Cl)Cl.ClC(Cl)Cl.ClC(Cl)Cl.ClC(Cl)Cl.ClC(Cl)Cl.ClC(Cl)Cl.ClC(Cl)Cl. The number of halogens is 42. The Morgan fingerprint density at radius 1 is 0.230 bits per heavy atom. The number of aliphatic carboxylic acids is 1. The van der Waals surface area contributed by atoms with E-state index < -0.39 is 66.1 Å². The Balaban J connectivity index is -0.0000000286. The quantitative estimate of drug-likeness (QED) is 0.266. The highest BCUT2D eigenvalue weighted by Gasteiger charge is 1.84. The molecular weight excluding hydrogens is 1730 g/mol. The standard InChI is InChI=1S/C3H6O2.14CHCl3/c1-2-3(4)5;14*2-1(3)4/h2H2,1H3,(H,4,5);14*1H. The number of rotatable bonds is 1. The molecule has 0 rings (SSSR count). The molecule has 0 aliphatic rings. The van der Waals surface area contributed by atoms with Crippen LogP contribution in [0.2, 0.25) is 0 Å². The van der Waals surface area contributed by atoms with Crippen LogP contribution in [0.3, 0.4) is 0 Å². The molecule has 0 fully saturated rings. The molecule has 0 amide bonds. The number of carbonyl (C=O) groups is 1. The van der Waals surface area contributed by atoms with Crippen molar-refractivity contribution in [2.75, 3.05) is 0 Å². The van der Waals surface area contributed by atoms with E-state index in [2.05, 4.69) is 0 Å². The van der Waals surface area contributed by atoms with Gasteiger partial charge in [0.2, 0.25) is 0 Å². The summed E-state index contributed by atoms with van der Waals surface area (Å²) in [5.74, 6) is -0.745. The van der Waals surface area contributed by atoms with Gasteiger partial charge in [-0.2, -0.15) is 0 Å². The minimum Gasteiger partial charge on any atom is -0.481 e. The zero-order valence-electron chi connectivity index (χ0n) is 27.0. The monoisotopic (exact) mass is 1720 g/mol. The zero-order valence-corrected chi connectivity index (χ0v) is 58.8. The Morgan fingerprint density at radius 2 is 0.246 bits per heavy atom. The van der Waals surface area contributed by atoms with E-state index >= 15 is 0 Å². The lowest BCUT2D eigenvalue weighted by atomic mass is 10.5. The molecule has 44 heteroatoms. The van der Waals surface area contributed by atoms with Crippen molar-refractivity contribution in [2.24, 2.45) is 0 Å². The van der Waals surface area contributed by atoms with E-state index in [1.165, 1.54) is 0 Å². The molecule has 2 nitrogen and oxygen atoms in total. The Kier molecular flexibility index (Phi) is 198. The minimum absolute atomic E-state index is 0.222. The van der Waals surface area contributed by atoms with Gasteiger partial charge in [-0.15, -0.1) is 0 Å². The molecule has 1 N–H and O–H groups in total. The van der Waals surface area contributed by atoms with Crippen LogP contribution in [-0.2, 0) is 4.79 Å². The van der Waals surface area contributed by atoms with Gasteiger partial charge in [0.25, 0.3) is 0 Å². The lowest BCUT2D eigenvalue weighted by Gasteiger charge is -1.71. The number of hydrogen-bond acceptors (Lipinski definition) is 1. The van der Waals surface area contributed by atoms with Crippen LogP contribution in [0.4, 0.5) is 0 Å². The molecular formula is C17H20Cl42O2. The summed E-state index contributed by atoms with van der Waals surface area (Å²) >= 11 is 202. The first-order valence-electron chi connectivity index (χ1n) is 10.7. The predicted octanol–water partition coefficient (Wildman–Crippen LogP) is 28.3. The normalized spacial score (nSPS) is 8.87. The summed E-state index contributed by atoms with van der Waals surface area (Å²) in [5, 5.41) is 7.72. The van der Waals surface area contributed by atoms with E-state index in [1.54, 1.807) is 6.92 Å². The van der Waals surface area contributed by atoms with Crippen LogP contribution in [0, 0.1) is 0 Å². The Bertz CT molecular complexity index is 384. The maximum Gasteiger partial charge on any atom is 0.303 e. The third kappa shape index (κ3) is 1870. The fourth-order valence-corrected chi connectivity index (χ4v) is 0. The number of carboxylic acids is 1. The molecule has 0 atom stereocenters. The highest BCUT2D eigenvalue weighted by atomic mass is 35.6. The van der Waals surface area contributed by atoms with E-state index in [4.69, 9.17) is 492 Å². The maximum atomic E-state index is 9.37. The molecule has 0 aromatic rings. The van der Waals surface area contributed by atoms with Gasteiger partial charge in [-0.05, 0) is 0 Å². The van der Waals surface area contributed by atoms with Crippen molar-refractivity contribution < 1.29 is 9.90 Å². The summed E-state index contributed by atoms with van der Waals surface area (Å²) in [6.45, 7) is 1.60. The van der Waals surface area contributed by atoms with Crippen LogP contribution in [-0.4, -0.2) is 71.2 Å². The molecule has 394 valence electrons. The van der Waals surface area contributed by atoms with Crippen molar-refractivity contribution in [2.45, 2.75) is 73.5 Å². The van der Waals surface area contributed by atoms with Gasteiger partial charge in [0.05, 0.1) is 0 Å². The third-order valence-electron chi connectivity index (χ3n) is 0.302. The van der Waals surface area contributed by atoms with Gasteiger partial charge in [-0.3, -0.25) is 4.79 Å². The van der Waals surface area contributed by atoms with Gasteiger partial charge in [0.1, 0.15) is 0 Å². The fourth-order valence-electron chi connectivity index (χ4n) is 0. The smallest absolute Gasteiger partial charge is 0.303 e. The molecule has 0 heterocycles. The van der Waals surface area contributed by atoms with E-state index in [1.807, 2.05) is 0 Å². The summed E-state index contributed by atoms with van der Waals surface area (Å²) < 4.78 is -10.5. The molecule has 0 unspecified atom stereocenters. The van der Waals surface area contributed by atoms with Crippen molar-refractivity contribution in [3.63, 3.8) is 0 Å². The van der Waals surface area contributed by atoms with E-state index in [0.717, 1.165) is 0 Å². The van der Waals surface area contributed by atoms with Crippen LogP contribution < -0.4 is 0 Å². The maximum absolute atomic E-state index is 9.37. The molecule has 0 radical (unpaired) electrons. The molecule has 0 saturated carbocycles. The van der Waals surface area contributed by atoms with Crippen LogP contribution in [0.15, 0.2) is 0 Å². The van der Waals surface area contributed by atoms with Gasteiger partial charge < -0.3 is 5.11 Å². The second-order valence-electron chi connectivity index (χ2n) is 4.21. The second-order valence-corrected chi connectivity index (χ2v) is 31.9. The van der Waals surface area contributed by atoms with Gasteiger partial charge in [-0.1, -0.05) is 494 Å². The molecule has 0 spiro atoms. The van der Waals surface area contributed by atoms with Crippen molar-refractivity contribution in [3.8, 4) is 0 Å². The molecule has 0 aliphatic carbocycles. The largest absolute Gasteiger partial charge is 0.481 e. The molecule has 0 aliphatic heterocycles. The van der Waals surface area contributed by atoms with Gasteiger partial charge >= 0.3 is 5.97 Å². The fraction of sp³-hybridized carbons (Fsp3) is 0.941.